The number of nitrogen functional groups attached to an aromatic ring is 1. The first-order valence-electron chi connectivity index (χ1n) is 4.48. The highest BCUT2D eigenvalue weighted by Crippen LogP contribution is 2.41. The maximum absolute atomic E-state index is 5.70. The maximum atomic E-state index is 5.70. The smallest absolute Gasteiger partial charge is 0.121 e. The lowest BCUT2D eigenvalue weighted by molar-refractivity contribution is 0.273. The molecule has 0 saturated heterocycles. The third kappa shape index (κ3) is 1.00. The monoisotopic (exact) mass is 165 g/mol. The molecule has 0 amide bonds. The summed E-state index contributed by atoms with van der Waals surface area (Å²) in [6.07, 6.45) is 2.61. The van der Waals surface area contributed by atoms with Crippen molar-refractivity contribution in [2.24, 2.45) is 13.0 Å². The highest BCUT2D eigenvalue weighted by Gasteiger charge is 2.30. The van der Waals surface area contributed by atoms with Crippen LogP contribution in [0.3, 0.4) is 0 Å². The molecular formula is C9H15N3. The van der Waals surface area contributed by atoms with Gasteiger partial charge in [-0.25, -0.2) is 0 Å². The third-order valence-electron chi connectivity index (χ3n) is 2.93. The molecule has 0 bridgehead atoms. The fourth-order valence-corrected chi connectivity index (χ4v) is 1.79. The van der Waals surface area contributed by atoms with E-state index in [9.17, 15) is 0 Å². The van der Waals surface area contributed by atoms with Gasteiger partial charge in [0, 0.05) is 19.0 Å². The molecule has 1 aliphatic rings. The van der Waals surface area contributed by atoms with Crippen LogP contribution in [-0.2, 0) is 7.05 Å². The van der Waals surface area contributed by atoms with E-state index in [1.165, 1.54) is 18.5 Å². The lowest BCUT2D eigenvalue weighted by atomic mass is 9.73. The van der Waals surface area contributed by atoms with Crippen molar-refractivity contribution in [2.45, 2.75) is 25.7 Å². The molecule has 0 unspecified atom stereocenters. The Morgan fingerprint density at radius 1 is 1.58 bits per heavy atom. The first kappa shape index (κ1) is 7.65. The van der Waals surface area contributed by atoms with Crippen LogP contribution in [0.4, 0.5) is 5.82 Å². The molecule has 1 heterocycles. The minimum absolute atomic E-state index is 0.661. The second kappa shape index (κ2) is 2.51. The van der Waals surface area contributed by atoms with Crippen molar-refractivity contribution in [1.29, 1.82) is 0 Å². The van der Waals surface area contributed by atoms with Crippen LogP contribution in [0.2, 0.25) is 0 Å². The second-order valence-electron chi connectivity index (χ2n) is 3.78. The summed E-state index contributed by atoms with van der Waals surface area (Å²) in [6.45, 7) is 2.28. The van der Waals surface area contributed by atoms with Crippen LogP contribution in [0, 0.1) is 5.92 Å². The van der Waals surface area contributed by atoms with Gasteiger partial charge in [-0.05, 0) is 18.8 Å². The topological polar surface area (TPSA) is 43.8 Å². The molecule has 0 aromatic carbocycles. The summed E-state index contributed by atoms with van der Waals surface area (Å²) in [5, 5.41) is 4.37. The van der Waals surface area contributed by atoms with Gasteiger partial charge in [0.25, 0.3) is 0 Å². The Hall–Kier alpha value is -0.990. The van der Waals surface area contributed by atoms with Gasteiger partial charge in [0.15, 0.2) is 0 Å². The van der Waals surface area contributed by atoms with Crippen LogP contribution in [0.15, 0.2) is 6.07 Å². The van der Waals surface area contributed by atoms with E-state index in [0.717, 1.165) is 11.7 Å². The number of aryl methyl sites for hydroxylation is 1. The van der Waals surface area contributed by atoms with Crippen molar-refractivity contribution < 1.29 is 0 Å². The number of nitrogens with zero attached hydrogens (tertiary/aromatic N) is 2. The van der Waals surface area contributed by atoms with Crippen molar-refractivity contribution in [2.75, 3.05) is 5.73 Å². The summed E-state index contributed by atoms with van der Waals surface area (Å²) < 4.78 is 1.75. The Morgan fingerprint density at radius 2 is 2.33 bits per heavy atom. The summed E-state index contributed by atoms with van der Waals surface area (Å²) in [5.74, 6) is 2.22. The zero-order chi connectivity index (χ0) is 8.72. The van der Waals surface area contributed by atoms with Gasteiger partial charge in [0.2, 0.25) is 0 Å². The molecular weight excluding hydrogens is 150 g/mol. The minimum atomic E-state index is 0.661. The van der Waals surface area contributed by atoms with Crippen molar-refractivity contribution in [3.05, 3.63) is 11.8 Å². The molecule has 2 N–H and O–H groups in total. The van der Waals surface area contributed by atoms with E-state index in [4.69, 9.17) is 5.73 Å². The van der Waals surface area contributed by atoms with E-state index in [2.05, 4.69) is 12.0 Å². The lowest BCUT2D eigenvalue weighted by Crippen LogP contribution is -2.21. The number of hydrogen-bond donors (Lipinski definition) is 1. The zero-order valence-corrected chi connectivity index (χ0v) is 7.62. The Labute approximate surface area is 72.6 Å². The van der Waals surface area contributed by atoms with Crippen molar-refractivity contribution in [3.63, 3.8) is 0 Å². The first-order valence-corrected chi connectivity index (χ1v) is 4.48. The molecule has 0 aliphatic heterocycles. The number of rotatable bonds is 1. The molecule has 0 radical (unpaired) electrons. The Morgan fingerprint density at radius 3 is 2.67 bits per heavy atom. The summed E-state index contributed by atoms with van der Waals surface area (Å²) in [4.78, 5) is 0. The Kier molecular flexibility index (Phi) is 1.60. The molecule has 1 saturated carbocycles. The van der Waals surface area contributed by atoms with E-state index in [-0.39, 0.29) is 0 Å². The van der Waals surface area contributed by atoms with Crippen molar-refractivity contribution in [1.82, 2.24) is 9.78 Å². The van der Waals surface area contributed by atoms with Gasteiger partial charge in [-0.3, -0.25) is 4.68 Å². The molecule has 1 aromatic rings. The van der Waals surface area contributed by atoms with Crippen LogP contribution < -0.4 is 5.73 Å². The molecule has 2 atom stereocenters. The average molecular weight is 165 g/mol. The van der Waals surface area contributed by atoms with E-state index in [0.29, 0.717) is 5.92 Å². The molecule has 1 aliphatic carbocycles. The highest BCUT2D eigenvalue weighted by molar-refractivity contribution is 5.32. The normalized spacial score (nSPS) is 28.5. The zero-order valence-electron chi connectivity index (χ0n) is 7.62. The van der Waals surface area contributed by atoms with E-state index < -0.39 is 0 Å². The minimum Gasteiger partial charge on any atom is -0.384 e. The van der Waals surface area contributed by atoms with Crippen LogP contribution in [0.5, 0.6) is 0 Å². The van der Waals surface area contributed by atoms with E-state index in [1.54, 1.807) is 4.68 Å². The number of anilines is 1. The van der Waals surface area contributed by atoms with Gasteiger partial charge in [-0.15, -0.1) is 0 Å². The second-order valence-corrected chi connectivity index (χ2v) is 3.78. The molecule has 2 rings (SSSR count). The largest absolute Gasteiger partial charge is 0.384 e. The molecule has 0 spiro atoms. The predicted molar refractivity (Wildman–Crippen MR) is 48.8 cm³/mol. The van der Waals surface area contributed by atoms with E-state index in [1.807, 2.05) is 13.1 Å². The average Bonchev–Trinajstić information content (AvgIpc) is 2.29. The number of nitrogens with two attached hydrogens (primary N) is 1. The fraction of sp³-hybridized carbons (Fsp3) is 0.667. The quantitative estimate of drug-likeness (QED) is 0.685. The van der Waals surface area contributed by atoms with Crippen molar-refractivity contribution in [3.8, 4) is 0 Å². The molecule has 1 aromatic heterocycles. The van der Waals surface area contributed by atoms with Gasteiger partial charge in [-0.2, -0.15) is 5.10 Å². The Balaban J connectivity index is 2.23. The van der Waals surface area contributed by atoms with Crippen LogP contribution >= 0.6 is 0 Å². The number of hydrogen-bond acceptors (Lipinski definition) is 2. The molecule has 3 heteroatoms. The molecule has 66 valence electrons. The third-order valence-corrected chi connectivity index (χ3v) is 2.93. The van der Waals surface area contributed by atoms with Gasteiger partial charge in [-0.1, -0.05) is 6.92 Å². The summed E-state index contributed by atoms with van der Waals surface area (Å²) in [7, 11) is 1.89. The number of aromatic nitrogens is 2. The van der Waals surface area contributed by atoms with E-state index >= 15 is 0 Å². The van der Waals surface area contributed by atoms with Gasteiger partial charge in [0.1, 0.15) is 5.82 Å². The molecule has 3 nitrogen and oxygen atoms in total. The summed E-state index contributed by atoms with van der Waals surface area (Å²) in [6, 6.07) is 2.00. The van der Waals surface area contributed by atoms with Gasteiger partial charge in [0.05, 0.1) is 5.69 Å². The van der Waals surface area contributed by atoms with Crippen LogP contribution in [-0.4, -0.2) is 9.78 Å². The van der Waals surface area contributed by atoms with Crippen LogP contribution in [0.25, 0.3) is 0 Å². The SMILES string of the molecule is C[C@H]1CC[C@@H]1c1cc(N)n(C)n1. The van der Waals surface area contributed by atoms with Gasteiger partial charge < -0.3 is 5.73 Å². The fourth-order valence-electron chi connectivity index (χ4n) is 1.79. The van der Waals surface area contributed by atoms with Crippen LogP contribution in [0.1, 0.15) is 31.4 Å². The Bertz CT molecular complexity index is 270. The summed E-state index contributed by atoms with van der Waals surface area (Å²) in [5.41, 5.74) is 6.88. The predicted octanol–water partition coefficient (Wildman–Crippen LogP) is 1.52. The van der Waals surface area contributed by atoms with Gasteiger partial charge >= 0.3 is 0 Å². The summed E-state index contributed by atoms with van der Waals surface area (Å²) >= 11 is 0. The lowest BCUT2D eigenvalue weighted by Gasteiger charge is -2.32. The molecule has 1 fully saturated rings. The molecule has 12 heavy (non-hydrogen) atoms. The first-order chi connectivity index (χ1) is 5.68. The maximum Gasteiger partial charge on any atom is 0.121 e. The standard InChI is InChI=1S/C9H15N3/c1-6-3-4-7(6)8-5-9(10)12(2)11-8/h5-7H,3-4,10H2,1-2H3/t6-,7-/m0/s1. The van der Waals surface area contributed by atoms with Crippen molar-refractivity contribution >= 4 is 5.82 Å². The highest BCUT2D eigenvalue weighted by atomic mass is 15.3.